The van der Waals surface area contributed by atoms with Crippen LogP contribution in [0, 0.1) is 5.82 Å². The van der Waals surface area contributed by atoms with E-state index in [0.717, 1.165) is 0 Å². The second-order valence-electron chi connectivity index (χ2n) is 3.36. The average molecular weight is 234 g/mol. The molecule has 0 saturated carbocycles. The van der Waals surface area contributed by atoms with Gasteiger partial charge in [0.25, 0.3) is 0 Å². The Morgan fingerprint density at radius 1 is 1.24 bits per heavy atom. The molecule has 0 saturated heterocycles. The van der Waals surface area contributed by atoms with Crippen LogP contribution in [0.15, 0.2) is 24.3 Å². The molecule has 2 rings (SSSR count). The molecule has 0 atom stereocenters. The standard InChI is InChI=1S/C11H11FN4O/c1-17-8-4-2-3-6(10(8)12)7-5-9(13)16-11(14)15-7/h2-5H,1H3,(H4,13,14,15,16). The maximum Gasteiger partial charge on any atom is 0.222 e. The molecule has 6 heteroatoms. The molecular formula is C11H11FN4O. The van der Waals surface area contributed by atoms with Crippen molar-refractivity contribution in [2.24, 2.45) is 0 Å². The lowest BCUT2D eigenvalue weighted by molar-refractivity contribution is 0.387. The van der Waals surface area contributed by atoms with Crippen LogP contribution in [0.1, 0.15) is 0 Å². The van der Waals surface area contributed by atoms with Crippen molar-refractivity contribution in [2.75, 3.05) is 18.6 Å². The predicted molar refractivity (Wildman–Crippen MR) is 62.8 cm³/mol. The Balaban J connectivity index is 2.60. The van der Waals surface area contributed by atoms with Crippen LogP contribution in [0.2, 0.25) is 0 Å². The van der Waals surface area contributed by atoms with Gasteiger partial charge >= 0.3 is 0 Å². The molecule has 0 bridgehead atoms. The van der Waals surface area contributed by atoms with Gasteiger partial charge in [-0.2, -0.15) is 4.98 Å². The summed E-state index contributed by atoms with van der Waals surface area (Å²) < 4.78 is 18.8. The fraction of sp³-hybridized carbons (Fsp3) is 0.0909. The number of hydrogen-bond donors (Lipinski definition) is 2. The predicted octanol–water partition coefficient (Wildman–Crippen LogP) is 1.46. The van der Waals surface area contributed by atoms with Gasteiger partial charge in [0.05, 0.1) is 12.8 Å². The summed E-state index contributed by atoms with van der Waals surface area (Å²) in [4.78, 5) is 7.65. The molecule has 88 valence electrons. The highest BCUT2D eigenvalue weighted by Gasteiger charge is 2.12. The zero-order valence-corrected chi connectivity index (χ0v) is 9.14. The molecule has 17 heavy (non-hydrogen) atoms. The average Bonchev–Trinajstić information content (AvgIpc) is 2.28. The van der Waals surface area contributed by atoms with Gasteiger partial charge in [-0.25, -0.2) is 9.37 Å². The van der Waals surface area contributed by atoms with E-state index >= 15 is 0 Å². The fourth-order valence-electron chi connectivity index (χ4n) is 1.49. The number of nitrogen functional groups attached to an aromatic ring is 2. The van der Waals surface area contributed by atoms with Gasteiger partial charge in [0, 0.05) is 11.6 Å². The highest BCUT2D eigenvalue weighted by Crippen LogP contribution is 2.28. The van der Waals surface area contributed by atoms with Crippen molar-refractivity contribution in [3.05, 3.63) is 30.1 Å². The van der Waals surface area contributed by atoms with Gasteiger partial charge in [-0.05, 0) is 12.1 Å². The molecule has 0 fully saturated rings. The highest BCUT2D eigenvalue weighted by atomic mass is 19.1. The summed E-state index contributed by atoms with van der Waals surface area (Å²) in [5, 5.41) is 0. The number of methoxy groups -OCH3 is 1. The summed E-state index contributed by atoms with van der Waals surface area (Å²) in [7, 11) is 1.39. The second kappa shape index (κ2) is 4.25. The van der Waals surface area contributed by atoms with Crippen LogP contribution in [-0.2, 0) is 0 Å². The number of rotatable bonds is 2. The van der Waals surface area contributed by atoms with Crippen LogP contribution in [0.3, 0.4) is 0 Å². The van der Waals surface area contributed by atoms with Crippen LogP contribution in [0.5, 0.6) is 5.75 Å². The molecule has 1 aromatic carbocycles. The molecule has 5 nitrogen and oxygen atoms in total. The highest BCUT2D eigenvalue weighted by molar-refractivity contribution is 5.65. The minimum Gasteiger partial charge on any atom is -0.494 e. The van der Waals surface area contributed by atoms with Crippen molar-refractivity contribution in [1.82, 2.24) is 9.97 Å². The van der Waals surface area contributed by atoms with Crippen molar-refractivity contribution in [1.29, 1.82) is 0 Å². The first kappa shape index (κ1) is 11.1. The van der Waals surface area contributed by atoms with Gasteiger partial charge in [-0.15, -0.1) is 0 Å². The van der Waals surface area contributed by atoms with Crippen molar-refractivity contribution >= 4 is 11.8 Å². The Hall–Kier alpha value is -2.37. The number of anilines is 2. The Morgan fingerprint density at radius 3 is 2.65 bits per heavy atom. The summed E-state index contributed by atoms with van der Waals surface area (Å²) in [6.45, 7) is 0. The minimum atomic E-state index is -0.507. The minimum absolute atomic E-state index is 0.00206. The molecule has 0 spiro atoms. The van der Waals surface area contributed by atoms with Crippen LogP contribution in [0.25, 0.3) is 11.3 Å². The van der Waals surface area contributed by atoms with Gasteiger partial charge in [-0.1, -0.05) is 6.07 Å². The topological polar surface area (TPSA) is 87.0 Å². The third kappa shape index (κ3) is 2.10. The first-order valence-electron chi connectivity index (χ1n) is 4.84. The van der Waals surface area contributed by atoms with Crippen molar-refractivity contribution in [3.63, 3.8) is 0 Å². The van der Waals surface area contributed by atoms with Crippen LogP contribution in [-0.4, -0.2) is 17.1 Å². The number of halogens is 1. The number of ether oxygens (including phenoxy) is 1. The monoisotopic (exact) mass is 234 g/mol. The molecule has 0 aliphatic heterocycles. The molecular weight excluding hydrogens is 223 g/mol. The van der Waals surface area contributed by atoms with Gasteiger partial charge in [0.2, 0.25) is 5.95 Å². The summed E-state index contributed by atoms with van der Waals surface area (Å²) in [5.74, 6) is -0.178. The van der Waals surface area contributed by atoms with E-state index in [1.54, 1.807) is 12.1 Å². The lowest BCUT2D eigenvalue weighted by atomic mass is 10.1. The van der Waals surface area contributed by atoms with E-state index in [2.05, 4.69) is 9.97 Å². The zero-order chi connectivity index (χ0) is 12.4. The number of hydrogen-bond acceptors (Lipinski definition) is 5. The first-order chi connectivity index (χ1) is 8.11. The Labute approximate surface area is 97.3 Å². The maximum absolute atomic E-state index is 14.0. The molecule has 0 aliphatic rings. The Morgan fingerprint density at radius 2 is 2.00 bits per heavy atom. The molecule has 0 amide bonds. The molecule has 1 aromatic heterocycles. The van der Waals surface area contributed by atoms with Crippen molar-refractivity contribution < 1.29 is 9.13 Å². The van der Waals surface area contributed by atoms with Crippen LogP contribution < -0.4 is 16.2 Å². The number of nitrogens with two attached hydrogens (primary N) is 2. The lowest BCUT2D eigenvalue weighted by Gasteiger charge is -2.07. The fourth-order valence-corrected chi connectivity index (χ4v) is 1.49. The molecule has 0 radical (unpaired) electrons. The van der Waals surface area contributed by atoms with Crippen LogP contribution in [0.4, 0.5) is 16.2 Å². The van der Waals surface area contributed by atoms with E-state index in [0.29, 0.717) is 5.69 Å². The number of aromatic nitrogens is 2. The molecule has 2 aromatic rings. The Kier molecular flexibility index (Phi) is 2.78. The number of benzene rings is 1. The summed E-state index contributed by atoms with van der Waals surface area (Å²) in [6, 6.07) is 6.20. The normalized spacial score (nSPS) is 10.2. The quantitative estimate of drug-likeness (QED) is 0.821. The summed E-state index contributed by atoms with van der Waals surface area (Å²) in [6.07, 6.45) is 0. The van der Waals surface area contributed by atoms with Gasteiger partial charge in [0.1, 0.15) is 5.82 Å². The largest absolute Gasteiger partial charge is 0.494 e. The van der Waals surface area contributed by atoms with E-state index in [1.807, 2.05) is 0 Å². The molecule has 1 heterocycles. The smallest absolute Gasteiger partial charge is 0.222 e. The van der Waals surface area contributed by atoms with Gasteiger partial charge in [-0.3, -0.25) is 0 Å². The summed E-state index contributed by atoms with van der Waals surface area (Å²) >= 11 is 0. The Bertz CT molecular complexity index is 539. The number of nitrogens with zero attached hydrogens (tertiary/aromatic N) is 2. The first-order valence-corrected chi connectivity index (χ1v) is 4.84. The van der Waals surface area contributed by atoms with E-state index in [4.69, 9.17) is 16.2 Å². The van der Waals surface area contributed by atoms with E-state index < -0.39 is 5.82 Å². The van der Waals surface area contributed by atoms with E-state index in [9.17, 15) is 4.39 Å². The van der Waals surface area contributed by atoms with Crippen molar-refractivity contribution in [3.8, 4) is 17.0 Å². The second-order valence-corrected chi connectivity index (χ2v) is 3.36. The zero-order valence-electron chi connectivity index (χ0n) is 9.14. The van der Waals surface area contributed by atoms with Crippen molar-refractivity contribution in [2.45, 2.75) is 0 Å². The maximum atomic E-state index is 14.0. The lowest BCUT2D eigenvalue weighted by Crippen LogP contribution is -2.01. The molecule has 4 N–H and O–H groups in total. The van der Waals surface area contributed by atoms with E-state index in [1.165, 1.54) is 19.2 Å². The summed E-state index contributed by atoms with van der Waals surface area (Å²) in [5.41, 5.74) is 11.6. The molecule has 0 unspecified atom stereocenters. The van der Waals surface area contributed by atoms with Crippen LogP contribution >= 0.6 is 0 Å². The van der Waals surface area contributed by atoms with Gasteiger partial charge < -0.3 is 16.2 Å². The van der Waals surface area contributed by atoms with E-state index in [-0.39, 0.29) is 23.1 Å². The third-order valence-corrected chi connectivity index (χ3v) is 2.22. The molecule has 0 aliphatic carbocycles. The van der Waals surface area contributed by atoms with Gasteiger partial charge in [0.15, 0.2) is 11.6 Å². The SMILES string of the molecule is COc1cccc(-c2cc(N)nc(N)n2)c1F. The third-order valence-electron chi connectivity index (χ3n) is 2.22.